The number of carbonyl (C=O) groups excluding carboxylic acids is 1. The molecule has 1 heterocycles. The molecule has 0 fully saturated rings. The monoisotopic (exact) mass is 314 g/mol. The second kappa shape index (κ2) is 7.95. The highest BCUT2D eigenvalue weighted by atomic mass is 16.4. The predicted octanol–water partition coefficient (Wildman–Crippen LogP) is 4.69. The van der Waals surface area contributed by atoms with Crippen LogP contribution in [0.1, 0.15) is 56.3 Å². The molecule has 0 saturated carbocycles. The molecule has 0 aliphatic carbocycles. The average Bonchev–Trinajstić information content (AvgIpc) is 2.93. The van der Waals surface area contributed by atoms with Gasteiger partial charge in [-0.1, -0.05) is 38.0 Å². The van der Waals surface area contributed by atoms with Crippen LogP contribution in [-0.2, 0) is 0 Å². The van der Waals surface area contributed by atoms with Gasteiger partial charge >= 0.3 is 0 Å². The molecule has 1 amide bonds. The maximum absolute atomic E-state index is 12.8. The van der Waals surface area contributed by atoms with Crippen LogP contribution in [-0.4, -0.2) is 28.4 Å². The van der Waals surface area contributed by atoms with E-state index < -0.39 is 0 Å². The molecule has 124 valence electrons. The Morgan fingerprint density at radius 2 is 1.91 bits per heavy atom. The fraction of sp³-hybridized carbons (Fsp3) is 0.474. The maximum atomic E-state index is 12.8. The van der Waals surface area contributed by atoms with Crippen LogP contribution < -0.4 is 0 Å². The Kier molecular flexibility index (Phi) is 5.97. The number of hydrogen-bond acceptors (Lipinski definition) is 3. The van der Waals surface area contributed by atoms with Crippen molar-refractivity contribution in [3.05, 3.63) is 41.8 Å². The highest BCUT2D eigenvalue weighted by Gasteiger charge is 2.24. The van der Waals surface area contributed by atoms with E-state index in [0.29, 0.717) is 17.3 Å². The van der Waals surface area contributed by atoms with Crippen molar-refractivity contribution in [1.29, 1.82) is 0 Å². The summed E-state index contributed by atoms with van der Waals surface area (Å²) < 4.78 is 5.72. The molecule has 23 heavy (non-hydrogen) atoms. The number of aryl methyl sites for hydroxylation is 1. The van der Waals surface area contributed by atoms with E-state index in [1.165, 1.54) is 0 Å². The quantitative estimate of drug-likeness (QED) is 0.696. The number of aromatic nitrogens is 1. The molecule has 1 aromatic heterocycles. The minimum atomic E-state index is -0.0421. The van der Waals surface area contributed by atoms with Gasteiger partial charge in [0.1, 0.15) is 5.76 Å². The molecule has 1 aromatic carbocycles. The number of nitrogens with zero attached hydrogens (tertiary/aromatic N) is 2. The Morgan fingerprint density at radius 3 is 2.52 bits per heavy atom. The van der Waals surface area contributed by atoms with E-state index in [9.17, 15) is 4.79 Å². The predicted molar refractivity (Wildman–Crippen MR) is 92.4 cm³/mol. The summed E-state index contributed by atoms with van der Waals surface area (Å²) >= 11 is 0. The topological polar surface area (TPSA) is 46.3 Å². The van der Waals surface area contributed by atoms with Crippen molar-refractivity contribution >= 4 is 5.91 Å². The van der Waals surface area contributed by atoms with E-state index in [1.54, 1.807) is 6.92 Å². The number of oxazole rings is 1. The summed E-state index contributed by atoms with van der Waals surface area (Å²) in [7, 11) is 0. The van der Waals surface area contributed by atoms with Crippen molar-refractivity contribution in [1.82, 2.24) is 9.88 Å². The number of amides is 1. The van der Waals surface area contributed by atoms with Gasteiger partial charge in [-0.25, -0.2) is 4.98 Å². The lowest BCUT2D eigenvalue weighted by Gasteiger charge is -2.26. The first-order chi connectivity index (χ1) is 11.0. The second-order valence-electron chi connectivity index (χ2n) is 6.09. The summed E-state index contributed by atoms with van der Waals surface area (Å²) in [6.45, 7) is 8.80. The summed E-state index contributed by atoms with van der Waals surface area (Å²) in [5, 5.41) is 0. The van der Waals surface area contributed by atoms with Crippen LogP contribution in [0.3, 0.4) is 0 Å². The molecule has 0 unspecified atom stereocenters. The molecule has 0 radical (unpaired) electrons. The van der Waals surface area contributed by atoms with E-state index in [4.69, 9.17) is 4.42 Å². The average molecular weight is 314 g/mol. The third-order valence-corrected chi connectivity index (χ3v) is 3.91. The van der Waals surface area contributed by atoms with Crippen molar-refractivity contribution in [2.24, 2.45) is 0 Å². The molecule has 0 bridgehead atoms. The lowest BCUT2D eigenvalue weighted by Crippen LogP contribution is -2.38. The van der Waals surface area contributed by atoms with Crippen molar-refractivity contribution in [3.8, 4) is 11.5 Å². The van der Waals surface area contributed by atoms with Crippen LogP contribution in [0.25, 0.3) is 11.5 Å². The number of unbranched alkanes of at least 4 members (excludes halogenated alkanes) is 2. The molecular formula is C19H26N2O2. The summed E-state index contributed by atoms with van der Waals surface area (Å²) in [6, 6.07) is 9.82. The molecule has 0 saturated heterocycles. The number of hydrogen-bond donors (Lipinski definition) is 0. The molecule has 0 spiro atoms. The number of benzene rings is 1. The molecule has 0 N–H and O–H groups in total. The highest BCUT2D eigenvalue weighted by molar-refractivity contribution is 5.94. The molecule has 4 nitrogen and oxygen atoms in total. The van der Waals surface area contributed by atoms with Crippen LogP contribution in [0, 0.1) is 6.92 Å². The van der Waals surface area contributed by atoms with Gasteiger partial charge < -0.3 is 9.32 Å². The van der Waals surface area contributed by atoms with Gasteiger partial charge in [-0.3, -0.25) is 4.79 Å². The third kappa shape index (κ3) is 4.21. The zero-order valence-electron chi connectivity index (χ0n) is 14.5. The minimum absolute atomic E-state index is 0.0421. The van der Waals surface area contributed by atoms with Crippen molar-refractivity contribution in [2.75, 3.05) is 6.54 Å². The van der Waals surface area contributed by atoms with Gasteiger partial charge in [-0.2, -0.15) is 0 Å². The van der Waals surface area contributed by atoms with Crippen LogP contribution in [0.4, 0.5) is 0 Å². The summed E-state index contributed by atoms with van der Waals surface area (Å²) in [5.74, 6) is 1.04. The zero-order valence-corrected chi connectivity index (χ0v) is 14.5. The number of carbonyl (C=O) groups is 1. The zero-order chi connectivity index (χ0) is 16.8. The Balaban J connectivity index is 2.22. The Labute approximate surface area is 138 Å². The number of rotatable bonds is 7. The van der Waals surface area contributed by atoms with E-state index >= 15 is 0 Å². The van der Waals surface area contributed by atoms with Crippen LogP contribution in [0.2, 0.25) is 0 Å². The Hall–Kier alpha value is -2.10. The molecule has 0 atom stereocenters. The van der Waals surface area contributed by atoms with Gasteiger partial charge in [-0.15, -0.1) is 0 Å². The third-order valence-electron chi connectivity index (χ3n) is 3.91. The van der Waals surface area contributed by atoms with E-state index in [-0.39, 0.29) is 11.9 Å². The van der Waals surface area contributed by atoms with Gasteiger partial charge in [0.15, 0.2) is 5.69 Å². The van der Waals surface area contributed by atoms with Crippen molar-refractivity contribution in [2.45, 2.75) is 53.0 Å². The smallest absolute Gasteiger partial charge is 0.276 e. The molecule has 0 aliphatic rings. The van der Waals surface area contributed by atoms with Gasteiger partial charge in [0.05, 0.1) is 0 Å². The van der Waals surface area contributed by atoms with Gasteiger partial charge in [0, 0.05) is 18.2 Å². The largest absolute Gasteiger partial charge is 0.441 e. The van der Waals surface area contributed by atoms with Gasteiger partial charge in [0.25, 0.3) is 5.91 Å². The highest BCUT2D eigenvalue weighted by Crippen LogP contribution is 2.23. The molecule has 4 heteroatoms. The summed E-state index contributed by atoms with van der Waals surface area (Å²) in [4.78, 5) is 19.2. The molecule has 2 aromatic rings. The van der Waals surface area contributed by atoms with Crippen molar-refractivity contribution < 1.29 is 9.21 Å². The van der Waals surface area contributed by atoms with Crippen LogP contribution in [0.15, 0.2) is 34.7 Å². The first kappa shape index (κ1) is 17.3. The Morgan fingerprint density at radius 1 is 1.22 bits per heavy atom. The van der Waals surface area contributed by atoms with Crippen LogP contribution in [0.5, 0.6) is 0 Å². The molecular weight excluding hydrogens is 288 g/mol. The standard InChI is InChI=1S/C19H26N2O2/c1-5-6-10-13-21(14(2)3)19(22)17-15(4)23-18(20-17)16-11-8-7-9-12-16/h7-9,11-12,14H,5-6,10,13H2,1-4H3. The van der Waals surface area contributed by atoms with Gasteiger partial charge in [-0.05, 0) is 39.3 Å². The first-order valence-corrected chi connectivity index (χ1v) is 8.38. The Bertz CT molecular complexity index is 632. The SMILES string of the molecule is CCCCCN(C(=O)c1nc(-c2ccccc2)oc1C)C(C)C. The fourth-order valence-corrected chi connectivity index (χ4v) is 2.56. The fourth-order valence-electron chi connectivity index (χ4n) is 2.56. The normalized spacial score (nSPS) is 11.0. The second-order valence-corrected chi connectivity index (χ2v) is 6.09. The van der Waals surface area contributed by atoms with E-state index in [0.717, 1.165) is 31.4 Å². The van der Waals surface area contributed by atoms with E-state index in [1.807, 2.05) is 49.1 Å². The van der Waals surface area contributed by atoms with E-state index in [2.05, 4.69) is 11.9 Å². The summed E-state index contributed by atoms with van der Waals surface area (Å²) in [6.07, 6.45) is 3.29. The summed E-state index contributed by atoms with van der Waals surface area (Å²) in [5.41, 5.74) is 1.31. The van der Waals surface area contributed by atoms with Crippen molar-refractivity contribution in [3.63, 3.8) is 0 Å². The molecule has 2 rings (SSSR count). The minimum Gasteiger partial charge on any atom is -0.441 e. The first-order valence-electron chi connectivity index (χ1n) is 8.38. The maximum Gasteiger partial charge on any atom is 0.276 e. The van der Waals surface area contributed by atoms with Crippen LogP contribution >= 0.6 is 0 Å². The van der Waals surface area contributed by atoms with Gasteiger partial charge in [0.2, 0.25) is 5.89 Å². The molecule has 0 aliphatic heterocycles. The lowest BCUT2D eigenvalue weighted by molar-refractivity contribution is 0.0695. The lowest BCUT2D eigenvalue weighted by atomic mass is 10.2.